The number of fused-ring (bicyclic) bond motifs is 1. The van der Waals surface area contributed by atoms with Crippen molar-refractivity contribution < 1.29 is 14.3 Å². The molecule has 3 aromatic carbocycles. The van der Waals surface area contributed by atoms with Crippen LogP contribution >= 0.6 is 22.9 Å². The number of aromatic nitrogens is 1. The third-order valence-corrected chi connectivity index (χ3v) is 7.36. The molecule has 0 radical (unpaired) electrons. The van der Waals surface area contributed by atoms with Crippen molar-refractivity contribution in [1.82, 2.24) is 4.57 Å². The summed E-state index contributed by atoms with van der Waals surface area (Å²) in [5, 5.41) is 0.554. The van der Waals surface area contributed by atoms with Gasteiger partial charge in [-0.1, -0.05) is 83.6 Å². The lowest BCUT2D eigenvalue weighted by atomic mass is 9.93. The van der Waals surface area contributed by atoms with Gasteiger partial charge in [0.25, 0.3) is 5.56 Å². The average Bonchev–Trinajstić information content (AvgIpc) is 3.24. The highest BCUT2D eigenvalue weighted by molar-refractivity contribution is 7.07. The molecule has 1 atom stereocenters. The van der Waals surface area contributed by atoms with Gasteiger partial charge in [-0.3, -0.25) is 9.36 Å². The molecule has 0 N–H and O–H groups in total. The molecule has 0 amide bonds. The smallest absolute Gasteiger partial charge is 0.338 e. The second kappa shape index (κ2) is 11.4. The third kappa shape index (κ3) is 5.46. The topological polar surface area (TPSA) is 69.9 Å². The van der Waals surface area contributed by atoms with Crippen molar-refractivity contribution >= 4 is 40.7 Å². The van der Waals surface area contributed by atoms with Crippen LogP contribution in [0.1, 0.15) is 43.5 Å². The second-order valence-electron chi connectivity index (χ2n) is 9.19. The number of carbonyl (C=O) groups is 1. The van der Waals surface area contributed by atoms with Crippen LogP contribution in [-0.2, 0) is 9.53 Å². The Morgan fingerprint density at radius 1 is 1.05 bits per heavy atom. The maximum absolute atomic E-state index is 14.0. The molecular formula is C31H27ClN2O4S. The van der Waals surface area contributed by atoms with Gasteiger partial charge in [0.15, 0.2) is 4.80 Å². The third-order valence-electron chi connectivity index (χ3n) is 6.13. The maximum atomic E-state index is 14.0. The SMILES string of the molecule is CCOC(=O)C1=C(c2ccccc2)N=c2s/c(=C\c3ccccc3OC(C)C)c(=O)n2[C@H]1c1ccc(Cl)cc1. The van der Waals surface area contributed by atoms with Gasteiger partial charge in [0.1, 0.15) is 5.75 Å². The van der Waals surface area contributed by atoms with E-state index in [1.807, 2.05) is 86.7 Å². The van der Waals surface area contributed by atoms with E-state index >= 15 is 0 Å². The lowest BCUT2D eigenvalue weighted by Crippen LogP contribution is -2.40. The molecule has 0 aliphatic carbocycles. The molecule has 8 heteroatoms. The lowest BCUT2D eigenvalue weighted by Gasteiger charge is -2.25. The highest BCUT2D eigenvalue weighted by Gasteiger charge is 2.35. The fourth-order valence-corrected chi connectivity index (χ4v) is 5.62. The van der Waals surface area contributed by atoms with E-state index < -0.39 is 12.0 Å². The summed E-state index contributed by atoms with van der Waals surface area (Å²) in [7, 11) is 0. The molecule has 0 saturated heterocycles. The zero-order chi connectivity index (χ0) is 27.5. The maximum Gasteiger partial charge on any atom is 0.338 e. The molecule has 39 heavy (non-hydrogen) atoms. The van der Waals surface area contributed by atoms with Gasteiger partial charge in [-0.25, -0.2) is 9.79 Å². The van der Waals surface area contributed by atoms with Gasteiger partial charge in [-0.05, 0) is 50.6 Å². The van der Waals surface area contributed by atoms with Gasteiger partial charge >= 0.3 is 5.97 Å². The fourth-order valence-electron chi connectivity index (χ4n) is 4.50. The molecule has 1 aromatic heterocycles. The summed E-state index contributed by atoms with van der Waals surface area (Å²) in [6, 6.07) is 23.4. The standard InChI is InChI=1S/C31H27ClN2O4S/c1-4-37-30(36)26-27(20-10-6-5-7-11-20)33-31-34(28(26)21-14-16-23(32)17-15-21)29(35)25(39-31)18-22-12-8-9-13-24(22)38-19(2)3/h5-19,28H,4H2,1-3H3/b25-18-/t28-/m0/s1. The van der Waals surface area contributed by atoms with E-state index in [-0.39, 0.29) is 18.3 Å². The van der Waals surface area contributed by atoms with E-state index in [1.54, 1.807) is 23.6 Å². The molecular weight excluding hydrogens is 532 g/mol. The number of benzene rings is 3. The average molecular weight is 559 g/mol. The first kappa shape index (κ1) is 26.7. The summed E-state index contributed by atoms with van der Waals surface area (Å²) in [6.07, 6.45) is 1.79. The summed E-state index contributed by atoms with van der Waals surface area (Å²) in [4.78, 5) is 32.9. The minimum Gasteiger partial charge on any atom is -0.490 e. The van der Waals surface area contributed by atoms with Crippen LogP contribution in [0.5, 0.6) is 5.75 Å². The normalized spacial score (nSPS) is 15.2. The first-order chi connectivity index (χ1) is 18.9. The largest absolute Gasteiger partial charge is 0.490 e. The minimum atomic E-state index is -0.753. The number of nitrogens with zero attached hydrogens (tertiary/aromatic N) is 2. The van der Waals surface area contributed by atoms with Crippen molar-refractivity contribution in [3.63, 3.8) is 0 Å². The first-order valence-electron chi connectivity index (χ1n) is 12.7. The molecule has 6 nitrogen and oxygen atoms in total. The summed E-state index contributed by atoms with van der Waals surface area (Å²) >= 11 is 7.47. The number of para-hydroxylation sites is 1. The molecule has 0 unspecified atom stereocenters. The Labute approximate surface area is 235 Å². The molecule has 1 aliphatic heterocycles. The Morgan fingerprint density at radius 3 is 2.44 bits per heavy atom. The number of esters is 1. The zero-order valence-corrected chi connectivity index (χ0v) is 23.3. The molecule has 2 heterocycles. The molecule has 0 fully saturated rings. The van der Waals surface area contributed by atoms with E-state index in [9.17, 15) is 9.59 Å². The Bertz CT molecular complexity index is 1720. The van der Waals surface area contributed by atoms with Crippen molar-refractivity contribution in [2.45, 2.75) is 32.9 Å². The van der Waals surface area contributed by atoms with Crippen molar-refractivity contribution in [1.29, 1.82) is 0 Å². The Kier molecular flexibility index (Phi) is 7.82. The van der Waals surface area contributed by atoms with Crippen molar-refractivity contribution in [2.75, 3.05) is 6.61 Å². The van der Waals surface area contributed by atoms with Gasteiger partial charge in [-0.2, -0.15) is 0 Å². The number of thiazole rings is 1. The van der Waals surface area contributed by atoms with Crippen LogP contribution in [0.15, 0.2) is 94.2 Å². The van der Waals surface area contributed by atoms with Gasteiger partial charge in [0.05, 0.1) is 34.6 Å². The lowest BCUT2D eigenvalue weighted by molar-refractivity contribution is -0.138. The number of rotatable bonds is 7. The molecule has 0 bridgehead atoms. The number of halogens is 1. The van der Waals surface area contributed by atoms with Crippen LogP contribution < -0.4 is 19.6 Å². The number of ether oxygens (including phenoxy) is 2. The van der Waals surface area contributed by atoms with Crippen LogP contribution in [0.25, 0.3) is 11.8 Å². The number of hydrogen-bond acceptors (Lipinski definition) is 6. The van der Waals surface area contributed by atoms with E-state index in [4.69, 9.17) is 26.1 Å². The molecule has 198 valence electrons. The molecule has 5 rings (SSSR count). The monoisotopic (exact) mass is 558 g/mol. The highest BCUT2D eigenvalue weighted by atomic mass is 35.5. The number of hydrogen-bond donors (Lipinski definition) is 0. The molecule has 0 spiro atoms. The van der Waals surface area contributed by atoms with E-state index in [2.05, 4.69) is 0 Å². The minimum absolute atomic E-state index is 0.0220. The van der Waals surface area contributed by atoms with Crippen LogP contribution in [0.4, 0.5) is 0 Å². The van der Waals surface area contributed by atoms with Gasteiger partial charge < -0.3 is 9.47 Å². The van der Waals surface area contributed by atoms with E-state index in [0.29, 0.717) is 31.4 Å². The summed E-state index contributed by atoms with van der Waals surface area (Å²) in [5.41, 5.74) is 2.78. The van der Waals surface area contributed by atoms with Crippen LogP contribution in [0.2, 0.25) is 5.02 Å². The van der Waals surface area contributed by atoms with Crippen molar-refractivity contribution in [2.24, 2.45) is 4.99 Å². The summed E-state index contributed by atoms with van der Waals surface area (Å²) < 4.78 is 13.5. The Hall–Kier alpha value is -3.94. The molecule has 1 aliphatic rings. The Balaban J connectivity index is 1.80. The quantitative estimate of drug-likeness (QED) is 0.286. The first-order valence-corrected chi connectivity index (χ1v) is 13.9. The second-order valence-corrected chi connectivity index (χ2v) is 10.6. The summed E-state index contributed by atoms with van der Waals surface area (Å²) in [6.45, 7) is 5.86. The van der Waals surface area contributed by atoms with Crippen molar-refractivity contribution in [3.05, 3.63) is 126 Å². The van der Waals surface area contributed by atoms with E-state index in [1.165, 1.54) is 11.3 Å². The predicted molar refractivity (Wildman–Crippen MR) is 155 cm³/mol. The van der Waals surface area contributed by atoms with Crippen LogP contribution in [-0.4, -0.2) is 23.2 Å². The van der Waals surface area contributed by atoms with Crippen LogP contribution in [0.3, 0.4) is 0 Å². The summed E-state index contributed by atoms with van der Waals surface area (Å²) in [5.74, 6) is 0.162. The fraction of sp³-hybridized carbons (Fsp3) is 0.194. The molecule has 4 aromatic rings. The predicted octanol–water partition coefficient (Wildman–Crippen LogP) is 5.38. The molecule has 0 saturated carbocycles. The van der Waals surface area contributed by atoms with Crippen LogP contribution in [0, 0.1) is 0 Å². The van der Waals surface area contributed by atoms with Gasteiger partial charge in [-0.15, -0.1) is 0 Å². The van der Waals surface area contributed by atoms with E-state index in [0.717, 1.165) is 16.7 Å². The zero-order valence-electron chi connectivity index (χ0n) is 21.8. The Morgan fingerprint density at radius 2 is 1.74 bits per heavy atom. The van der Waals surface area contributed by atoms with Gasteiger partial charge in [0.2, 0.25) is 0 Å². The van der Waals surface area contributed by atoms with Gasteiger partial charge in [0, 0.05) is 16.1 Å². The number of carbonyl (C=O) groups excluding carboxylic acids is 1. The van der Waals surface area contributed by atoms with Crippen molar-refractivity contribution in [3.8, 4) is 5.75 Å². The highest BCUT2D eigenvalue weighted by Crippen LogP contribution is 2.35.